The van der Waals surface area contributed by atoms with Gasteiger partial charge >= 0.3 is 0 Å². The van der Waals surface area contributed by atoms with Crippen LogP contribution in [0.2, 0.25) is 0 Å². The molecule has 0 spiro atoms. The van der Waals surface area contributed by atoms with Gasteiger partial charge in [0.15, 0.2) is 12.2 Å². The van der Waals surface area contributed by atoms with Crippen molar-refractivity contribution in [2.24, 2.45) is 11.5 Å². The van der Waals surface area contributed by atoms with Gasteiger partial charge in [-0.3, -0.25) is 9.59 Å². The van der Waals surface area contributed by atoms with Crippen LogP contribution >= 0.6 is 0 Å². The normalized spacial score (nSPS) is 11.8. The molecule has 5 N–H and O–H groups in total. The summed E-state index contributed by atoms with van der Waals surface area (Å²) in [5, 5.41) is 2.60. The molecule has 0 saturated carbocycles. The summed E-state index contributed by atoms with van der Waals surface area (Å²) in [6.07, 6.45) is 2.74. The van der Waals surface area contributed by atoms with Crippen molar-refractivity contribution >= 4 is 17.5 Å². The number of amides is 2. The lowest BCUT2D eigenvalue weighted by Gasteiger charge is -2.10. The number of nitrogens with zero attached hydrogens (tertiary/aromatic N) is 1. The van der Waals surface area contributed by atoms with Crippen LogP contribution in [0, 0.1) is 0 Å². The van der Waals surface area contributed by atoms with Gasteiger partial charge in [-0.05, 0) is 24.3 Å². The van der Waals surface area contributed by atoms with Crippen molar-refractivity contribution in [2.75, 3.05) is 5.32 Å². The van der Waals surface area contributed by atoms with E-state index >= 15 is 0 Å². The molecule has 2 amide bonds. The molecule has 0 bridgehead atoms. The van der Waals surface area contributed by atoms with E-state index in [9.17, 15) is 9.59 Å². The molecule has 0 fully saturated rings. The quantitative estimate of drug-likeness (QED) is 0.731. The SMILES string of the molecule is NC(=O)CC(N)C(=O)Nc1ccc(-c2cnco2)cc1. The van der Waals surface area contributed by atoms with Crippen molar-refractivity contribution in [3.63, 3.8) is 0 Å². The molecule has 1 heterocycles. The van der Waals surface area contributed by atoms with Crippen LogP contribution in [0.3, 0.4) is 0 Å². The highest BCUT2D eigenvalue weighted by Gasteiger charge is 2.16. The van der Waals surface area contributed by atoms with Crippen LogP contribution in [0.25, 0.3) is 11.3 Å². The first-order valence-electron chi connectivity index (χ1n) is 5.90. The highest BCUT2D eigenvalue weighted by Crippen LogP contribution is 2.20. The number of oxazole rings is 1. The minimum Gasteiger partial charge on any atom is -0.444 e. The van der Waals surface area contributed by atoms with Crippen LogP contribution in [-0.4, -0.2) is 22.8 Å². The number of anilines is 1. The lowest BCUT2D eigenvalue weighted by Crippen LogP contribution is -2.38. The van der Waals surface area contributed by atoms with Crippen molar-refractivity contribution in [2.45, 2.75) is 12.5 Å². The van der Waals surface area contributed by atoms with Gasteiger partial charge in [-0.25, -0.2) is 4.98 Å². The third-order valence-corrected chi connectivity index (χ3v) is 2.63. The number of hydrogen-bond donors (Lipinski definition) is 3. The average molecular weight is 274 g/mol. The van der Waals surface area contributed by atoms with Crippen molar-refractivity contribution in [3.8, 4) is 11.3 Å². The number of primary amides is 1. The van der Waals surface area contributed by atoms with Crippen LogP contribution in [0.5, 0.6) is 0 Å². The summed E-state index contributed by atoms with van der Waals surface area (Å²) < 4.78 is 5.15. The molecule has 0 aliphatic heterocycles. The first kappa shape index (κ1) is 13.8. The Labute approximate surface area is 115 Å². The minimum absolute atomic E-state index is 0.192. The number of benzene rings is 1. The van der Waals surface area contributed by atoms with Gasteiger partial charge in [0.25, 0.3) is 0 Å². The zero-order valence-electron chi connectivity index (χ0n) is 10.6. The van der Waals surface area contributed by atoms with E-state index in [4.69, 9.17) is 15.9 Å². The Morgan fingerprint density at radius 1 is 1.30 bits per heavy atom. The summed E-state index contributed by atoms with van der Waals surface area (Å²) in [5.74, 6) is -0.446. The highest BCUT2D eigenvalue weighted by molar-refractivity contribution is 5.97. The fraction of sp³-hybridized carbons (Fsp3) is 0.154. The summed E-state index contributed by atoms with van der Waals surface area (Å²) in [4.78, 5) is 26.2. The number of aromatic nitrogens is 1. The van der Waals surface area contributed by atoms with Gasteiger partial charge in [-0.1, -0.05) is 0 Å². The molecule has 0 radical (unpaired) electrons. The maximum atomic E-state index is 11.7. The third-order valence-electron chi connectivity index (χ3n) is 2.63. The van der Waals surface area contributed by atoms with Gasteiger partial charge < -0.3 is 21.2 Å². The summed E-state index contributed by atoms with van der Waals surface area (Å²) in [5.41, 5.74) is 11.9. The van der Waals surface area contributed by atoms with Crippen molar-refractivity contribution in [3.05, 3.63) is 36.9 Å². The van der Waals surface area contributed by atoms with Crippen LogP contribution in [0.15, 0.2) is 41.3 Å². The summed E-state index contributed by atoms with van der Waals surface area (Å²) in [6.45, 7) is 0. The van der Waals surface area contributed by atoms with Crippen LogP contribution in [0.1, 0.15) is 6.42 Å². The number of carbonyl (C=O) groups is 2. The van der Waals surface area contributed by atoms with E-state index < -0.39 is 17.9 Å². The van der Waals surface area contributed by atoms with Gasteiger partial charge in [0.1, 0.15) is 0 Å². The van der Waals surface area contributed by atoms with E-state index in [0.29, 0.717) is 11.4 Å². The predicted octanol–water partition coefficient (Wildman–Crippen LogP) is 0.483. The Balaban J connectivity index is 2.00. The van der Waals surface area contributed by atoms with Crippen LogP contribution in [0.4, 0.5) is 5.69 Å². The number of rotatable bonds is 5. The molecule has 1 atom stereocenters. The molecule has 7 heteroatoms. The predicted molar refractivity (Wildman–Crippen MR) is 72.4 cm³/mol. The second-order valence-corrected chi connectivity index (χ2v) is 4.21. The lowest BCUT2D eigenvalue weighted by molar-refractivity contribution is -0.123. The maximum Gasteiger partial charge on any atom is 0.241 e. The van der Waals surface area contributed by atoms with Gasteiger partial charge in [0, 0.05) is 11.3 Å². The topological polar surface area (TPSA) is 124 Å². The zero-order valence-corrected chi connectivity index (χ0v) is 10.6. The van der Waals surface area contributed by atoms with E-state index in [2.05, 4.69) is 10.3 Å². The van der Waals surface area contributed by atoms with Gasteiger partial charge in [0.05, 0.1) is 18.7 Å². The van der Waals surface area contributed by atoms with Gasteiger partial charge in [-0.15, -0.1) is 0 Å². The van der Waals surface area contributed by atoms with E-state index in [1.54, 1.807) is 30.5 Å². The second-order valence-electron chi connectivity index (χ2n) is 4.21. The molecule has 7 nitrogen and oxygen atoms in total. The van der Waals surface area contributed by atoms with Crippen molar-refractivity contribution in [1.82, 2.24) is 4.98 Å². The second kappa shape index (κ2) is 5.98. The molecular weight excluding hydrogens is 260 g/mol. The monoisotopic (exact) mass is 274 g/mol. The van der Waals surface area contributed by atoms with E-state index in [1.807, 2.05) is 0 Å². The maximum absolute atomic E-state index is 11.7. The largest absolute Gasteiger partial charge is 0.444 e. The standard InChI is InChI=1S/C13H14N4O3/c14-10(5-12(15)18)13(19)17-9-3-1-8(2-4-9)11-6-16-7-20-11/h1-4,6-7,10H,5,14H2,(H2,15,18)(H,17,19). The highest BCUT2D eigenvalue weighted by atomic mass is 16.3. The van der Waals surface area contributed by atoms with Gasteiger partial charge in [-0.2, -0.15) is 0 Å². The Bertz CT molecular complexity index is 593. The van der Waals surface area contributed by atoms with E-state index in [0.717, 1.165) is 5.56 Å². The van der Waals surface area contributed by atoms with Gasteiger partial charge in [0.2, 0.25) is 11.8 Å². The average Bonchev–Trinajstić information content (AvgIpc) is 2.92. The summed E-state index contributed by atoms with van der Waals surface area (Å²) >= 11 is 0. The summed E-state index contributed by atoms with van der Waals surface area (Å²) in [7, 11) is 0. The smallest absolute Gasteiger partial charge is 0.241 e. The number of nitrogens with two attached hydrogens (primary N) is 2. The zero-order chi connectivity index (χ0) is 14.5. The minimum atomic E-state index is -0.957. The first-order chi connectivity index (χ1) is 9.56. The Morgan fingerprint density at radius 2 is 2.00 bits per heavy atom. The Kier molecular flexibility index (Phi) is 4.11. The Morgan fingerprint density at radius 3 is 2.55 bits per heavy atom. The molecular formula is C13H14N4O3. The van der Waals surface area contributed by atoms with Crippen molar-refractivity contribution < 1.29 is 14.0 Å². The molecule has 1 unspecified atom stereocenters. The first-order valence-corrected chi connectivity index (χ1v) is 5.90. The van der Waals surface area contributed by atoms with Crippen LogP contribution in [-0.2, 0) is 9.59 Å². The molecule has 104 valence electrons. The Hall–Kier alpha value is -2.67. The van der Waals surface area contributed by atoms with E-state index in [1.165, 1.54) is 6.39 Å². The fourth-order valence-electron chi connectivity index (χ4n) is 1.62. The molecule has 2 rings (SSSR count). The molecule has 0 aliphatic rings. The third kappa shape index (κ3) is 3.42. The molecule has 2 aromatic rings. The number of nitrogens with one attached hydrogen (secondary N) is 1. The number of hydrogen-bond acceptors (Lipinski definition) is 5. The molecule has 20 heavy (non-hydrogen) atoms. The molecule has 1 aromatic carbocycles. The van der Waals surface area contributed by atoms with Crippen molar-refractivity contribution in [1.29, 1.82) is 0 Å². The van der Waals surface area contributed by atoms with Crippen LogP contribution < -0.4 is 16.8 Å². The molecule has 0 saturated heterocycles. The summed E-state index contributed by atoms with van der Waals surface area (Å²) in [6, 6.07) is 5.99. The molecule has 1 aromatic heterocycles. The fourth-order valence-corrected chi connectivity index (χ4v) is 1.62. The lowest BCUT2D eigenvalue weighted by atomic mass is 10.1. The van der Waals surface area contributed by atoms with E-state index in [-0.39, 0.29) is 6.42 Å². The number of carbonyl (C=O) groups excluding carboxylic acids is 2. The molecule has 0 aliphatic carbocycles.